The molecule has 2 heterocycles. The van der Waals surface area contributed by atoms with Gasteiger partial charge >= 0.3 is 0 Å². The minimum Gasteiger partial charge on any atom is -0.347 e. The van der Waals surface area contributed by atoms with Crippen molar-refractivity contribution in [1.82, 2.24) is 9.55 Å². The molecule has 0 saturated heterocycles. The number of hydrogen-bond donors (Lipinski definition) is 0. The average Bonchev–Trinajstić information content (AvgIpc) is 2.86. The summed E-state index contributed by atoms with van der Waals surface area (Å²) in [4.78, 5) is 4.64. The van der Waals surface area contributed by atoms with Gasteiger partial charge in [0.2, 0.25) is 0 Å². The van der Waals surface area contributed by atoms with Crippen LogP contribution in [0.3, 0.4) is 0 Å². The van der Waals surface area contributed by atoms with Gasteiger partial charge < -0.3 is 4.57 Å². The third-order valence-corrected chi connectivity index (χ3v) is 3.63. The quantitative estimate of drug-likeness (QED) is 0.700. The zero-order valence-corrected chi connectivity index (χ0v) is 12.6. The molecule has 0 unspecified atom stereocenters. The standard InChI is InChI=1S/C19H20N2/c1-15-11-16(2)20-18(12-15)13-19-9-6-10-21(19)14-17-7-4-3-5-8-17/h3-12H,13-14H2,1-2H3. The third-order valence-electron chi connectivity index (χ3n) is 3.63. The molecule has 106 valence electrons. The smallest absolute Gasteiger partial charge is 0.0472 e. The summed E-state index contributed by atoms with van der Waals surface area (Å²) in [6, 6.07) is 19.1. The molecule has 1 aromatic carbocycles. The molecule has 3 rings (SSSR count). The van der Waals surface area contributed by atoms with Crippen molar-refractivity contribution >= 4 is 0 Å². The molecular formula is C19H20N2. The molecule has 0 aliphatic heterocycles. The van der Waals surface area contributed by atoms with Crippen molar-refractivity contribution in [1.29, 1.82) is 0 Å². The van der Waals surface area contributed by atoms with E-state index in [0.717, 1.165) is 24.4 Å². The van der Waals surface area contributed by atoms with E-state index in [2.05, 4.69) is 84.2 Å². The first kappa shape index (κ1) is 13.6. The van der Waals surface area contributed by atoms with Gasteiger partial charge in [-0.3, -0.25) is 4.98 Å². The van der Waals surface area contributed by atoms with E-state index >= 15 is 0 Å². The van der Waals surface area contributed by atoms with Gasteiger partial charge in [0.25, 0.3) is 0 Å². The van der Waals surface area contributed by atoms with E-state index in [1.54, 1.807) is 0 Å². The predicted molar refractivity (Wildman–Crippen MR) is 86.5 cm³/mol. The van der Waals surface area contributed by atoms with Crippen LogP contribution in [0.25, 0.3) is 0 Å². The van der Waals surface area contributed by atoms with Gasteiger partial charge in [0.05, 0.1) is 0 Å². The Morgan fingerprint density at radius 2 is 1.76 bits per heavy atom. The Morgan fingerprint density at radius 3 is 2.52 bits per heavy atom. The van der Waals surface area contributed by atoms with Gasteiger partial charge in [-0.1, -0.05) is 30.3 Å². The minimum absolute atomic E-state index is 0.877. The molecule has 0 spiro atoms. The lowest BCUT2D eigenvalue weighted by molar-refractivity contribution is 0.753. The van der Waals surface area contributed by atoms with Gasteiger partial charge in [-0.25, -0.2) is 0 Å². The van der Waals surface area contributed by atoms with Crippen molar-refractivity contribution in [2.45, 2.75) is 26.8 Å². The largest absolute Gasteiger partial charge is 0.347 e. The van der Waals surface area contributed by atoms with Crippen LogP contribution in [0.1, 0.15) is 28.2 Å². The number of rotatable bonds is 4. The van der Waals surface area contributed by atoms with E-state index in [0.29, 0.717) is 0 Å². The van der Waals surface area contributed by atoms with Gasteiger partial charge in [-0.2, -0.15) is 0 Å². The molecule has 0 atom stereocenters. The molecule has 0 aliphatic carbocycles. The van der Waals surface area contributed by atoms with Gasteiger partial charge in [0, 0.05) is 36.2 Å². The number of aromatic nitrogens is 2. The summed E-state index contributed by atoms with van der Waals surface area (Å²) in [5.74, 6) is 0. The number of nitrogens with zero attached hydrogens (tertiary/aromatic N) is 2. The Kier molecular flexibility index (Phi) is 3.87. The van der Waals surface area contributed by atoms with Crippen molar-refractivity contribution in [3.63, 3.8) is 0 Å². The summed E-state index contributed by atoms with van der Waals surface area (Å²) in [5.41, 5.74) is 6.13. The Labute approximate surface area is 126 Å². The van der Waals surface area contributed by atoms with Gasteiger partial charge in [-0.05, 0) is 49.2 Å². The molecule has 0 bridgehead atoms. The summed E-state index contributed by atoms with van der Waals surface area (Å²) < 4.78 is 2.30. The Morgan fingerprint density at radius 1 is 0.952 bits per heavy atom. The summed E-state index contributed by atoms with van der Waals surface area (Å²) >= 11 is 0. The monoisotopic (exact) mass is 276 g/mol. The van der Waals surface area contributed by atoms with Gasteiger partial charge in [0.1, 0.15) is 0 Å². The number of hydrogen-bond acceptors (Lipinski definition) is 1. The molecule has 0 aliphatic rings. The lowest BCUT2D eigenvalue weighted by Gasteiger charge is -2.10. The summed E-state index contributed by atoms with van der Waals surface area (Å²) in [6.07, 6.45) is 3.02. The first-order valence-corrected chi connectivity index (χ1v) is 7.33. The fourth-order valence-corrected chi connectivity index (χ4v) is 2.75. The fourth-order valence-electron chi connectivity index (χ4n) is 2.75. The molecule has 2 aromatic heterocycles. The Hall–Kier alpha value is -2.35. The van der Waals surface area contributed by atoms with Crippen LogP contribution in [-0.4, -0.2) is 9.55 Å². The molecule has 0 N–H and O–H groups in total. The molecule has 21 heavy (non-hydrogen) atoms. The van der Waals surface area contributed by atoms with E-state index in [4.69, 9.17) is 0 Å². The second-order valence-electron chi connectivity index (χ2n) is 5.57. The zero-order valence-electron chi connectivity index (χ0n) is 12.6. The maximum atomic E-state index is 4.64. The molecule has 0 radical (unpaired) electrons. The topological polar surface area (TPSA) is 17.8 Å². The van der Waals surface area contributed by atoms with Crippen LogP contribution >= 0.6 is 0 Å². The average molecular weight is 276 g/mol. The molecule has 2 heteroatoms. The molecule has 0 fully saturated rings. The van der Waals surface area contributed by atoms with Gasteiger partial charge in [-0.15, -0.1) is 0 Å². The van der Waals surface area contributed by atoms with Crippen LogP contribution in [0, 0.1) is 13.8 Å². The minimum atomic E-state index is 0.877. The maximum absolute atomic E-state index is 4.64. The highest BCUT2D eigenvalue weighted by atomic mass is 15.0. The van der Waals surface area contributed by atoms with Crippen LogP contribution in [-0.2, 0) is 13.0 Å². The first-order valence-electron chi connectivity index (χ1n) is 7.33. The number of pyridine rings is 1. The van der Waals surface area contributed by atoms with Crippen LogP contribution in [0.4, 0.5) is 0 Å². The van der Waals surface area contributed by atoms with Crippen molar-refractivity contribution < 1.29 is 0 Å². The van der Waals surface area contributed by atoms with Crippen molar-refractivity contribution in [3.05, 3.63) is 89.0 Å². The second-order valence-corrected chi connectivity index (χ2v) is 5.57. The van der Waals surface area contributed by atoms with Crippen LogP contribution in [0.2, 0.25) is 0 Å². The highest BCUT2D eigenvalue weighted by molar-refractivity contribution is 5.25. The molecule has 3 aromatic rings. The zero-order chi connectivity index (χ0) is 14.7. The van der Waals surface area contributed by atoms with Crippen LogP contribution in [0.15, 0.2) is 60.8 Å². The Balaban J connectivity index is 1.82. The lowest BCUT2D eigenvalue weighted by Crippen LogP contribution is -2.05. The molecule has 0 amide bonds. The highest BCUT2D eigenvalue weighted by Gasteiger charge is 2.05. The van der Waals surface area contributed by atoms with E-state index in [9.17, 15) is 0 Å². The van der Waals surface area contributed by atoms with Crippen LogP contribution in [0.5, 0.6) is 0 Å². The Bertz CT molecular complexity index is 706. The van der Waals surface area contributed by atoms with Crippen LogP contribution < -0.4 is 0 Å². The normalized spacial score (nSPS) is 10.8. The van der Waals surface area contributed by atoms with Crippen molar-refractivity contribution in [2.24, 2.45) is 0 Å². The first-order chi connectivity index (χ1) is 10.2. The summed E-state index contributed by atoms with van der Waals surface area (Å²) in [7, 11) is 0. The van der Waals surface area contributed by atoms with E-state index < -0.39 is 0 Å². The van der Waals surface area contributed by atoms with E-state index in [1.807, 2.05) is 0 Å². The molecular weight excluding hydrogens is 256 g/mol. The van der Waals surface area contributed by atoms with E-state index in [-0.39, 0.29) is 0 Å². The summed E-state index contributed by atoms with van der Waals surface area (Å²) in [5, 5.41) is 0. The third kappa shape index (κ3) is 3.40. The SMILES string of the molecule is Cc1cc(C)nc(Cc2cccn2Cc2ccccc2)c1. The molecule has 2 nitrogen and oxygen atoms in total. The number of benzene rings is 1. The van der Waals surface area contributed by atoms with Crippen molar-refractivity contribution in [3.8, 4) is 0 Å². The van der Waals surface area contributed by atoms with Gasteiger partial charge in [0.15, 0.2) is 0 Å². The van der Waals surface area contributed by atoms with E-state index in [1.165, 1.54) is 16.8 Å². The second kappa shape index (κ2) is 5.96. The van der Waals surface area contributed by atoms with Crippen molar-refractivity contribution in [2.75, 3.05) is 0 Å². The lowest BCUT2D eigenvalue weighted by atomic mass is 10.1. The highest BCUT2D eigenvalue weighted by Crippen LogP contribution is 2.13. The maximum Gasteiger partial charge on any atom is 0.0472 e. The fraction of sp³-hybridized carbons (Fsp3) is 0.211. The predicted octanol–water partition coefficient (Wildman–Crippen LogP) is 4.14. The number of aryl methyl sites for hydroxylation is 2. The molecule has 0 saturated carbocycles. The summed E-state index contributed by atoms with van der Waals surface area (Å²) in [6.45, 7) is 5.09.